The molecule has 3 aromatic rings. The number of pyridine rings is 1. The molecular formula is C17H14N2O2. The predicted octanol–water partition coefficient (Wildman–Crippen LogP) is 3.92. The first kappa shape index (κ1) is 13.1. The minimum Gasteiger partial charge on any atom is -0.465 e. The number of carbonyl (C=O) groups is 1. The molecule has 104 valence electrons. The fraction of sp³-hybridized carbons (Fsp3) is 0.0588. The number of carboxylic acid groups (broad SMARTS) is 1. The molecular weight excluding hydrogens is 264 g/mol. The molecule has 0 bridgehead atoms. The van der Waals surface area contributed by atoms with Crippen LogP contribution in [0.2, 0.25) is 0 Å². The Labute approximate surface area is 122 Å². The van der Waals surface area contributed by atoms with Crippen molar-refractivity contribution < 1.29 is 9.90 Å². The van der Waals surface area contributed by atoms with Crippen LogP contribution in [0.4, 0.5) is 10.5 Å². The molecule has 3 rings (SSSR count). The van der Waals surface area contributed by atoms with Crippen LogP contribution in [0.3, 0.4) is 0 Å². The quantitative estimate of drug-likeness (QED) is 0.790. The molecule has 1 aromatic heterocycles. The van der Waals surface area contributed by atoms with Gasteiger partial charge in [0.25, 0.3) is 0 Å². The third kappa shape index (κ3) is 2.84. The Hall–Kier alpha value is -2.88. The van der Waals surface area contributed by atoms with Crippen LogP contribution in [0.15, 0.2) is 67.0 Å². The van der Waals surface area contributed by atoms with E-state index in [0.29, 0.717) is 12.2 Å². The molecule has 4 heteroatoms. The monoisotopic (exact) mass is 278 g/mol. The molecule has 21 heavy (non-hydrogen) atoms. The molecule has 1 heterocycles. The first-order valence-corrected chi connectivity index (χ1v) is 6.62. The average Bonchev–Trinajstić information content (AvgIpc) is 2.53. The molecule has 0 spiro atoms. The van der Waals surface area contributed by atoms with Gasteiger partial charge in [-0.05, 0) is 29.1 Å². The van der Waals surface area contributed by atoms with Crippen molar-refractivity contribution in [3.05, 3.63) is 72.6 Å². The first-order chi connectivity index (χ1) is 10.2. The molecule has 0 fully saturated rings. The van der Waals surface area contributed by atoms with Crippen LogP contribution in [-0.2, 0) is 6.54 Å². The normalized spacial score (nSPS) is 10.5. The number of rotatable bonds is 3. The van der Waals surface area contributed by atoms with Gasteiger partial charge in [0, 0.05) is 23.5 Å². The molecule has 0 aliphatic rings. The van der Waals surface area contributed by atoms with Crippen molar-refractivity contribution >= 4 is 22.6 Å². The summed E-state index contributed by atoms with van der Waals surface area (Å²) in [6.07, 6.45) is 2.50. The lowest BCUT2D eigenvalue weighted by Crippen LogP contribution is -2.28. The van der Waals surface area contributed by atoms with E-state index in [4.69, 9.17) is 0 Å². The highest BCUT2D eigenvalue weighted by atomic mass is 16.4. The van der Waals surface area contributed by atoms with Gasteiger partial charge in [-0.25, -0.2) is 4.79 Å². The Morgan fingerprint density at radius 1 is 1.05 bits per heavy atom. The molecule has 1 amide bonds. The maximum atomic E-state index is 11.6. The second-order valence-corrected chi connectivity index (χ2v) is 4.76. The maximum absolute atomic E-state index is 11.6. The molecule has 0 saturated carbocycles. The average molecular weight is 278 g/mol. The van der Waals surface area contributed by atoms with Crippen LogP contribution < -0.4 is 4.90 Å². The minimum absolute atomic E-state index is 0.326. The van der Waals surface area contributed by atoms with Gasteiger partial charge in [0.05, 0.1) is 6.54 Å². The minimum atomic E-state index is -0.966. The summed E-state index contributed by atoms with van der Waals surface area (Å²) in [5, 5.41) is 11.4. The maximum Gasteiger partial charge on any atom is 0.412 e. The Kier molecular flexibility index (Phi) is 3.51. The van der Waals surface area contributed by atoms with E-state index in [9.17, 15) is 9.90 Å². The second kappa shape index (κ2) is 5.63. The van der Waals surface area contributed by atoms with E-state index >= 15 is 0 Å². The zero-order valence-electron chi connectivity index (χ0n) is 11.3. The molecule has 4 nitrogen and oxygen atoms in total. The largest absolute Gasteiger partial charge is 0.465 e. The fourth-order valence-electron chi connectivity index (χ4n) is 2.27. The SMILES string of the molecule is O=C(O)N(Cc1ccccc1)c1ccc2cnccc2c1. The summed E-state index contributed by atoms with van der Waals surface area (Å²) < 4.78 is 0. The fourth-order valence-corrected chi connectivity index (χ4v) is 2.27. The van der Waals surface area contributed by atoms with Crippen molar-refractivity contribution in [1.82, 2.24) is 4.98 Å². The van der Waals surface area contributed by atoms with Gasteiger partial charge < -0.3 is 5.11 Å². The molecule has 0 saturated heterocycles. The van der Waals surface area contributed by atoms with Gasteiger partial charge >= 0.3 is 6.09 Å². The number of fused-ring (bicyclic) bond motifs is 1. The Morgan fingerprint density at radius 3 is 2.62 bits per heavy atom. The lowest BCUT2D eigenvalue weighted by molar-refractivity contribution is 0.201. The standard InChI is InChI=1S/C17H14N2O2/c20-17(21)19(12-13-4-2-1-3-5-13)16-7-6-15-11-18-9-8-14(15)10-16/h1-11H,12H2,(H,20,21). The van der Waals surface area contributed by atoms with Crippen molar-refractivity contribution in [2.24, 2.45) is 0 Å². The summed E-state index contributed by atoms with van der Waals surface area (Å²) in [5.74, 6) is 0. The van der Waals surface area contributed by atoms with Crippen LogP contribution in [0.25, 0.3) is 10.8 Å². The van der Waals surface area contributed by atoms with Gasteiger partial charge in [0.2, 0.25) is 0 Å². The van der Waals surface area contributed by atoms with Gasteiger partial charge in [0.1, 0.15) is 0 Å². The van der Waals surface area contributed by atoms with Crippen molar-refractivity contribution in [3.63, 3.8) is 0 Å². The number of aromatic nitrogens is 1. The van der Waals surface area contributed by atoms with Gasteiger partial charge in [-0.1, -0.05) is 36.4 Å². The van der Waals surface area contributed by atoms with Crippen molar-refractivity contribution in [3.8, 4) is 0 Å². The molecule has 0 aliphatic heterocycles. The first-order valence-electron chi connectivity index (χ1n) is 6.62. The van der Waals surface area contributed by atoms with Crippen LogP contribution >= 0.6 is 0 Å². The smallest absolute Gasteiger partial charge is 0.412 e. The lowest BCUT2D eigenvalue weighted by Gasteiger charge is -2.20. The third-order valence-corrected chi connectivity index (χ3v) is 3.35. The van der Waals surface area contributed by atoms with E-state index in [1.54, 1.807) is 18.5 Å². The highest BCUT2D eigenvalue weighted by molar-refractivity contribution is 5.91. The van der Waals surface area contributed by atoms with E-state index in [1.807, 2.05) is 48.5 Å². The van der Waals surface area contributed by atoms with E-state index in [1.165, 1.54) is 4.90 Å². The van der Waals surface area contributed by atoms with Crippen LogP contribution in [0.5, 0.6) is 0 Å². The van der Waals surface area contributed by atoms with Crippen LogP contribution in [0.1, 0.15) is 5.56 Å². The third-order valence-electron chi connectivity index (χ3n) is 3.35. The number of amides is 1. The summed E-state index contributed by atoms with van der Waals surface area (Å²) >= 11 is 0. The summed E-state index contributed by atoms with van der Waals surface area (Å²) in [6.45, 7) is 0.326. The molecule has 0 aliphatic carbocycles. The summed E-state index contributed by atoms with van der Waals surface area (Å²) in [4.78, 5) is 17.0. The summed E-state index contributed by atoms with van der Waals surface area (Å²) in [6, 6.07) is 17.0. The molecule has 0 radical (unpaired) electrons. The zero-order valence-corrected chi connectivity index (χ0v) is 11.3. The second-order valence-electron chi connectivity index (χ2n) is 4.76. The Morgan fingerprint density at radius 2 is 1.86 bits per heavy atom. The van der Waals surface area contributed by atoms with Crippen LogP contribution in [0, 0.1) is 0 Å². The van der Waals surface area contributed by atoms with Crippen molar-refractivity contribution in [1.29, 1.82) is 0 Å². The molecule has 2 aromatic carbocycles. The van der Waals surface area contributed by atoms with Gasteiger partial charge in [0.15, 0.2) is 0 Å². The number of hydrogen-bond donors (Lipinski definition) is 1. The topological polar surface area (TPSA) is 53.4 Å². The van der Waals surface area contributed by atoms with Gasteiger partial charge in [-0.3, -0.25) is 9.88 Å². The molecule has 1 N–H and O–H groups in total. The van der Waals surface area contributed by atoms with E-state index in [-0.39, 0.29) is 0 Å². The number of hydrogen-bond acceptors (Lipinski definition) is 2. The van der Waals surface area contributed by atoms with Crippen molar-refractivity contribution in [2.75, 3.05) is 4.90 Å². The zero-order chi connectivity index (χ0) is 14.7. The molecule has 0 unspecified atom stereocenters. The number of benzene rings is 2. The number of anilines is 1. The van der Waals surface area contributed by atoms with Gasteiger partial charge in [-0.2, -0.15) is 0 Å². The Balaban J connectivity index is 1.97. The van der Waals surface area contributed by atoms with Gasteiger partial charge in [-0.15, -0.1) is 0 Å². The van der Waals surface area contributed by atoms with Crippen molar-refractivity contribution in [2.45, 2.75) is 6.54 Å². The summed E-state index contributed by atoms with van der Waals surface area (Å²) in [7, 11) is 0. The predicted molar refractivity (Wildman–Crippen MR) is 82.4 cm³/mol. The summed E-state index contributed by atoms with van der Waals surface area (Å²) in [5.41, 5.74) is 1.61. The van der Waals surface area contributed by atoms with E-state index in [0.717, 1.165) is 16.3 Å². The van der Waals surface area contributed by atoms with Crippen LogP contribution in [-0.4, -0.2) is 16.2 Å². The molecule has 0 atom stereocenters. The highest BCUT2D eigenvalue weighted by Crippen LogP contribution is 2.23. The number of nitrogens with zero attached hydrogens (tertiary/aromatic N) is 2. The Bertz CT molecular complexity index is 772. The van der Waals surface area contributed by atoms with E-state index in [2.05, 4.69) is 4.98 Å². The highest BCUT2D eigenvalue weighted by Gasteiger charge is 2.15. The van der Waals surface area contributed by atoms with E-state index < -0.39 is 6.09 Å². The lowest BCUT2D eigenvalue weighted by atomic mass is 10.1.